The van der Waals surface area contributed by atoms with Crippen molar-refractivity contribution in [1.29, 1.82) is 0 Å². The Bertz CT molecular complexity index is 723. The van der Waals surface area contributed by atoms with Crippen LogP contribution in [0.1, 0.15) is 31.5 Å². The second-order valence-electron chi connectivity index (χ2n) is 5.26. The highest BCUT2D eigenvalue weighted by atomic mass is 32.2. The first-order valence-electron chi connectivity index (χ1n) is 6.56. The van der Waals surface area contributed by atoms with Gasteiger partial charge in [-0.2, -0.15) is 9.35 Å². The number of aromatic nitrogens is 2. The monoisotopic (exact) mass is 309 g/mol. The average molecular weight is 309 g/mol. The average Bonchev–Trinajstić information content (AvgIpc) is 2.83. The van der Waals surface area contributed by atoms with Gasteiger partial charge in [-0.1, -0.05) is 25.1 Å². The molecule has 6 nitrogen and oxygen atoms in total. The lowest BCUT2D eigenvalue weighted by atomic mass is 10.2. The van der Waals surface area contributed by atoms with E-state index in [1.807, 2.05) is 13.8 Å². The number of nitrogens with zero attached hydrogens (tertiary/aromatic N) is 3. The van der Waals surface area contributed by atoms with Crippen LogP contribution in [0.4, 0.5) is 5.69 Å². The van der Waals surface area contributed by atoms with Crippen molar-refractivity contribution >= 4 is 15.4 Å². The minimum absolute atomic E-state index is 0.190. The minimum atomic E-state index is -2.19. The molecule has 2 rings (SSSR count). The SMILES string of the molecule is CC(C)c1nc(COc2cccc(N=S(C)(C)=O)c2)no1. The van der Waals surface area contributed by atoms with Crippen molar-refractivity contribution in [3.05, 3.63) is 36.0 Å². The molecule has 0 aliphatic heterocycles. The lowest BCUT2D eigenvalue weighted by molar-refractivity contribution is 0.284. The fourth-order valence-electron chi connectivity index (χ4n) is 1.59. The van der Waals surface area contributed by atoms with Crippen molar-refractivity contribution in [3.8, 4) is 5.75 Å². The maximum Gasteiger partial charge on any atom is 0.229 e. The van der Waals surface area contributed by atoms with Gasteiger partial charge < -0.3 is 9.26 Å². The van der Waals surface area contributed by atoms with Gasteiger partial charge in [0.1, 0.15) is 5.75 Å². The Labute approximate surface area is 124 Å². The van der Waals surface area contributed by atoms with Crippen molar-refractivity contribution in [3.63, 3.8) is 0 Å². The first-order chi connectivity index (χ1) is 9.83. The zero-order chi connectivity index (χ0) is 15.5. The van der Waals surface area contributed by atoms with Crippen LogP contribution in [0, 0.1) is 0 Å². The Morgan fingerprint density at radius 3 is 2.76 bits per heavy atom. The van der Waals surface area contributed by atoms with Gasteiger partial charge >= 0.3 is 0 Å². The molecule has 0 atom stereocenters. The first kappa shape index (κ1) is 15.5. The summed E-state index contributed by atoms with van der Waals surface area (Å²) >= 11 is 0. The highest BCUT2D eigenvalue weighted by molar-refractivity contribution is 7.92. The Morgan fingerprint density at radius 1 is 1.38 bits per heavy atom. The molecule has 1 aromatic heterocycles. The molecule has 0 spiro atoms. The molecule has 1 heterocycles. The second-order valence-corrected chi connectivity index (χ2v) is 7.81. The predicted molar refractivity (Wildman–Crippen MR) is 81.2 cm³/mol. The normalized spacial score (nSPS) is 11.7. The van der Waals surface area contributed by atoms with E-state index < -0.39 is 9.73 Å². The number of hydrogen-bond donors (Lipinski definition) is 0. The van der Waals surface area contributed by atoms with Crippen LogP contribution in [0.3, 0.4) is 0 Å². The topological polar surface area (TPSA) is 77.6 Å². The third kappa shape index (κ3) is 4.86. The summed E-state index contributed by atoms with van der Waals surface area (Å²) in [6.07, 6.45) is 3.18. The molecule has 0 aliphatic carbocycles. The third-order valence-electron chi connectivity index (χ3n) is 2.49. The van der Waals surface area contributed by atoms with Crippen LogP contribution in [-0.4, -0.2) is 26.9 Å². The fraction of sp³-hybridized carbons (Fsp3) is 0.429. The summed E-state index contributed by atoms with van der Waals surface area (Å²) < 4.78 is 26.5. The molecule has 0 saturated heterocycles. The number of hydrogen-bond acceptors (Lipinski definition) is 6. The maximum absolute atomic E-state index is 11.7. The molecule has 0 bridgehead atoms. The lowest BCUT2D eigenvalue weighted by Gasteiger charge is -2.04. The van der Waals surface area contributed by atoms with Crippen molar-refractivity contribution in [1.82, 2.24) is 10.1 Å². The minimum Gasteiger partial charge on any atom is -0.485 e. The van der Waals surface area contributed by atoms with Gasteiger partial charge in [-0.15, -0.1) is 0 Å². The molecule has 2 aromatic rings. The van der Waals surface area contributed by atoms with Crippen LogP contribution in [0.2, 0.25) is 0 Å². The van der Waals surface area contributed by atoms with E-state index in [2.05, 4.69) is 14.5 Å². The predicted octanol–water partition coefficient (Wildman–Crippen LogP) is 3.13. The summed E-state index contributed by atoms with van der Waals surface area (Å²) in [6, 6.07) is 7.12. The molecule has 0 N–H and O–H groups in total. The number of benzene rings is 1. The van der Waals surface area contributed by atoms with E-state index in [1.54, 1.807) is 36.8 Å². The van der Waals surface area contributed by atoms with Gasteiger partial charge in [0.2, 0.25) is 11.7 Å². The maximum atomic E-state index is 11.7. The summed E-state index contributed by atoms with van der Waals surface area (Å²) in [5.41, 5.74) is 0.624. The fourth-order valence-corrected chi connectivity index (χ4v) is 2.21. The van der Waals surface area contributed by atoms with Crippen molar-refractivity contribution in [2.75, 3.05) is 12.5 Å². The van der Waals surface area contributed by atoms with E-state index >= 15 is 0 Å². The van der Waals surface area contributed by atoms with Crippen LogP contribution in [0.25, 0.3) is 0 Å². The zero-order valence-electron chi connectivity index (χ0n) is 12.6. The molecule has 114 valence electrons. The van der Waals surface area contributed by atoms with Crippen LogP contribution < -0.4 is 4.74 Å². The Kier molecular flexibility index (Phi) is 4.62. The molecular formula is C14H19N3O3S. The smallest absolute Gasteiger partial charge is 0.229 e. The van der Waals surface area contributed by atoms with Gasteiger partial charge in [0.25, 0.3) is 0 Å². The summed E-state index contributed by atoms with van der Waals surface area (Å²) in [6.45, 7) is 4.18. The molecule has 0 saturated carbocycles. The number of ether oxygens (including phenoxy) is 1. The highest BCUT2D eigenvalue weighted by Crippen LogP contribution is 2.22. The Hall–Kier alpha value is -1.89. The van der Waals surface area contributed by atoms with Crippen molar-refractivity contribution in [2.24, 2.45) is 4.36 Å². The highest BCUT2D eigenvalue weighted by Gasteiger charge is 2.10. The molecule has 0 amide bonds. The van der Waals surface area contributed by atoms with Crippen molar-refractivity contribution < 1.29 is 13.5 Å². The summed E-state index contributed by atoms with van der Waals surface area (Å²) in [5.74, 6) is 1.90. The van der Waals surface area contributed by atoms with E-state index in [1.165, 1.54) is 0 Å². The Morgan fingerprint density at radius 2 is 2.14 bits per heavy atom. The molecule has 0 unspecified atom stereocenters. The van der Waals surface area contributed by atoms with Crippen LogP contribution in [0.15, 0.2) is 33.2 Å². The lowest BCUT2D eigenvalue weighted by Crippen LogP contribution is -1.98. The van der Waals surface area contributed by atoms with E-state index in [-0.39, 0.29) is 12.5 Å². The van der Waals surface area contributed by atoms with Gasteiger partial charge in [0, 0.05) is 34.2 Å². The molecule has 7 heteroatoms. The van der Waals surface area contributed by atoms with Gasteiger partial charge in [-0.3, -0.25) is 0 Å². The van der Waals surface area contributed by atoms with E-state index in [0.717, 1.165) is 0 Å². The van der Waals surface area contributed by atoms with Gasteiger partial charge in [0.05, 0.1) is 5.69 Å². The Balaban J connectivity index is 2.06. The van der Waals surface area contributed by atoms with Gasteiger partial charge in [-0.25, -0.2) is 4.21 Å². The van der Waals surface area contributed by atoms with Crippen LogP contribution in [0.5, 0.6) is 5.75 Å². The van der Waals surface area contributed by atoms with Gasteiger partial charge in [0.15, 0.2) is 6.61 Å². The zero-order valence-corrected chi connectivity index (χ0v) is 13.4. The standard InChI is InChI=1S/C14H19N3O3S/c1-10(2)14-15-13(16-20-14)9-19-12-7-5-6-11(8-12)17-21(3,4)18/h5-8,10H,9H2,1-4H3. The van der Waals surface area contributed by atoms with Crippen molar-refractivity contribution in [2.45, 2.75) is 26.4 Å². The molecule has 0 aliphatic rings. The first-order valence-corrected chi connectivity index (χ1v) is 8.89. The molecular weight excluding hydrogens is 290 g/mol. The van der Waals surface area contributed by atoms with Crippen LogP contribution in [-0.2, 0) is 16.3 Å². The van der Waals surface area contributed by atoms with E-state index in [9.17, 15) is 4.21 Å². The second kappa shape index (κ2) is 6.26. The number of rotatable bonds is 5. The molecule has 0 fully saturated rings. The van der Waals surface area contributed by atoms with Gasteiger partial charge in [-0.05, 0) is 12.1 Å². The summed E-state index contributed by atoms with van der Waals surface area (Å²) in [5, 5.41) is 3.85. The van der Waals surface area contributed by atoms with E-state index in [0.29, 0.717) is 23.2 Å². The quantitative estimate of drug-likeness (QED) is 0.848. The van der Waals surface area contributed by atoms with Crippen LogP contribution >= 0.6 is 0 Å². The molecule has 21 heavy (non-hydrogen) atoms. The molecule has 1 aromatic carbocycles. The van der Waals surface area contributed by atoms with E-state index in [4.69, 9.17) is 9.26 Å². The molecule has 0 radical (unpaired) electrons. The third-order valence-corrected chi connectivity index (χ3v) is 3.14. The summed E-state index contributed by atoms with van der Waals surface area (Å²) in [4.78, 5) is 4.23. The summed E-state index contributed by atoms with van der Waals surface area (Å²) in [7, 11) is -2.19. The largest absolute Gasteiger partial charge is 0.485 e.